The van der Waals surface area contributed by atoms with Gasteiger partial charge in [-0.2, -0.15) is 0 Å². The van der Waals surface area contributed by atoms with Crippen LogP contribution < -0.4 is 10.6 Å². The summed E-state index contributed by atoms with van der Waals surface area (Å²) in [5.41, 5.74) is 0.439. The number of nitrogens with one attached hydrogen (secondary N) is 2. The molecular formula is C15H19ClN2O4. The van der Waals surface area contributed by atoms with Crippen molar-refractivity contribution < 1.29 is 19.5 Å². The molecule has 2 amide bonds. The van der Waals surface area contributed by atoms with Crippen LogP contribution in [-0.4, -0.2) is 29.4 Å². The minimum Gasteiger partial charge on any atom is -0.479 e. The topological polar surface area (TPSA) is 95.5 Å². The SMILES string of the molecule is CCNC(=O)CCCC(=O)NC(C(=O)O)c1ccc(Cl)cc1. The van der Waals surface area contributed by atoms with E-state index in [1.165, 1.54) is 0 Å². The number of aliphatic carboxylic acids is 1. The van der Waals surface area contributed by atoms with Crippen LogP contribution in [-0.2, 0) is 14.4 Å². The van der Waals surface area contributed by atoms with Crippen molar-refractivity contribution in [1.29, 1.82) is 0 Å². The van der Waals surface area contributed by atoms with Crippen LogP contribution >= 0.6 is 11.6 Å². The number of carboxylic acids is 1. The van der Waals surface area contributed by atoms with Crippen molar-refractivity contribution in [2.75, 3.05) is 6.54 Å². The van der Waals surface area contributed by atoms with Crippen LogP contribution in [0.3, 0.4) is 0 Å². The Balaban J connectivity index is 2.53. The van der Waals surface area contributed by atoms with Crippen molar-refractivity contribution in [2.45, 2.75) is 32.2 Å². The highest BCUT2D eigenvalue weighted by Crippen LogP contribution is 2.17. The Labute approximate surface area is 133 Å². The van der Waals surface area contributed by atoms with Gasteiger partial charge in [-0.05, 0) is 31.0 Å². The summed E-state index contributed by atoms with van der Waals surface area (Å²) in [5.74, 6) is -1.69. The fraction of sp³-hybridized carbons (Fsp3) is 0.400. The molecule has 0 fully saturated rings. The van der Waals surface area contributed by atoms with Gasteiger partial charge in [0.15, 0.2) is 6.04 Å². The number of carbonyl (C=O) groups excluding carboxylic acids is 2. The summed E-state index contributed by atoms with van der Waals surface area (Å²) in [5, 5.41) is 14.8. The monoisotopic (exact) mass is 326 g/mol. The third-order valence-corrected chi connectivity index (χ3v) is 3.19. The molecule has 3 N–H and O–H groups in total. The summed E-state index contributed by atoms with van der Waals surface area (Å²) in [4.78, 5) is 34.3. The number of halogens is 1. The van der Waals surface area contributed by atoms with Gasteiger partial charge < -0.3 is 15.7 Å². The summed E-state index contributed by atoms with van der Waals surface area (Å²) in [7, 11) is 0. The van der Waals surface area contributed by atoms with Crippen molar-refractivity contribution in [3.8, 4) is 0 Å². The molecule has 0 saturated carbocycles. The lowest BCUT2D eigenvalue weighted by atomic mass is 10.1. The maximum atomic E-state index is 11.8. The van der Waals surface area contributed by atoms with E-state index in [0.29, 0.717) is 23.6 Å². The molecule has 0 aromatic heterocycles. The third-order valence-electron chi connectivity index (χ3n) is 2.94. The molecule has 120 valence electrons. The molecule has 1 unspecified atom stereocenters. The van der Waals surface area contributed by atoms with Crippen LogP contribution in [0.1, 0.15) is 37.8 Å². The number of carboxylic acid groups (broad SMARTS) is 1. The molecule has 7 heteroatoms. The number of rotatable bonds is 8. The van der Waals surface area contributed by atoms with Crippen molar-refractivity contribution in [3.63, 3.8) is 0 Å². The van der Waals surface area contributed by atoms with Gasteiger partial charge in [0.05, 0.1) is 0 Å². The van der Waals surface area contributed by atoms with E-state index in [2.05, 4.69) is 10.6 Å². The highest BCUT2D eigenvalue weighted by molar-refractivity contribution is 6.30. The van der Waals surface area contributed by atoms with E-state index in [1.807, 2.05) is 6.92 Å². The van der Waals surface area contributed by atoms with Gasteiger partial charge in [-0.25, -0.2) is 4.79 Å². The summed E-state index contributed by atoms with van der Waals surface area (Å²) in [6, 6.07) is 5.10. The molecule has 1 rings (SSSR count). The van der Waals surface area contributed by atoms with Gasteiger partial charge in [-0.3, -0.25) is 9.59 Å². The zero-order chi connectivity index (χ0) is 16.5. The Morgan fingerprint density at radius 1 is 1.14 bits per heavy atom. The van der Waals surface area contributed by atoms with E-state index in [9.17, 15) is 19.5 Å². The largest absolute Gasteiger partial charge is 0.479 e. The smallest absolute Gasteiger partial charge is 0.330 e. The minimum absolute atomic E-state index is 0.0918. The average molecular weight is 327 g/mol. The molecule has 1 aromatic carbocycles. The molecule has 0 bridgehead atoms. The molecule has 1 atom stereocenters. The van der Waals surface area contributed by atoms with E-state index < -0.39 is 17.9 Å². The minimum atomic E-state index is -1.15. The average Bonchev–Trinajstić information content (AvgIpc) is 2.46. The lowest BCUT2D eigenvalue weighted by Crippen LogP contribution is -2.33. The Kier molecular flexibility index (Phi) is 7.39. The molecule has 0 saturated heterocycles. The van der Waals surface area contributed by atoms with E-state index in [0.717, 1.165) is 0 Å². The van der Waals surface area contributed by atoms with Gasteiger partial charge in [0.25, 0.3) is 0 Å². The Morgan fingerprint density at radius 2 is 1.73 bits per heavy atom. The Bertz CT molecular complexity index is 531. The summed E-state index contributed by atoms with van der Waals surface area (Å²) >= 11 is 5.75. The van der Waals surface area contributed by atoms with Crippen molar-refractivity contribution in [1.82, 2.24) is 10.6 Å². The zero-order valence-corrected chi connectivity index (χ0v) is 13.0. The first-order valence-corrected chi connectivity index (χ1v) is 7.36. The molecular weight excluding hydrogens is 308 g/mol. The van der Waals surface area contributed by atoms with Crippen molar-refractivity contribution in [3.05, 3.63) is 34.9 Å². The van der Waals surface area contributed by atoms with Crippen LogP contribution in [0.25, 0.3) is 0 Å². The maximum absolute atomic E-state index is 11.8. The quantitative estimate of drug-likeness (QED) is 0.679. The molecule has 0 radical (unpaired) electrons. The Morgan fingerprint density at radius 3 is 2.27 bits per heavy atom. The van der Waals surface area contributed by atoms with Gasteiger partial charge in [-0.15, -0.1) is 0 Å². The summed E-state index contributed by atoms with van der Waals surface area (Å²) in [6.45, 7) is 2.36. The molecule has 0 aliphatic heterocycles. The first-order chi connectivity index (χ1) is 10.4. The van der Waals surface area contributed by atoms with Gasteiger partial charge in [0, 0.05) is 24.4 Å². The Hall–Kier alpha value is -2.08. The second kappa shape index (κ2) is 9.04. The lowest BCUT2D eigenvalue weighted by molar-refractivity contribution is -0.142. The van der Waals surface area contributed by atoms with Crippen LogP contribution in [0.2, 0.25) is 5.02 Å². The summed E-state index contributed by atoms with van der Waals surface area (Å²) < 4.78 is 0. The van der Waals surface area contributed by atoms with Crippen molar-refractivity contribution in [2.24, 2.45) is 0 Å². The number of carbonyl (C=O) groups is 3. The second-order valence-electron chi connectivity index (χ2n) is 4.70. The molecule has 6 nitrogen and oxygen atoms in total. The van der Waals surface area contributed by atoms with Gasteiger partial charge in [-0.1, -0.05) is 23.7 Å². The molecule has 0 aliphatic rings. The lowest BCUT2D eigenvalue weighted by Gasteiger charge is -2.15. The second-order valence-corrected chi connectivity index (χ2v) is 5.13. The number of benzene rings is 1. The van der Waals surface area contributed by atoms with E-state index >= 15 is 0 Å². The number of amides is 2. The van der Waals surface area contributed by atoms with Crippen LogP contribution in [0.5, 0.6) is 0 Å². The van der Waals surface area contributed by atoms with E-state index in [-0.39, 0.29) is 18.7 Å². The first-order valence-electron chi connectivity index (χ1n) is 6.98. The first kappa shape index (κ1) is 18.0. The predicted molar refractivity (Wildman–Crippen MR) is 82.5 cm³/mol. The molecule has 0 spiro atoms. The van der Waals surface area contributed by atoms with Crippen LogP contribution in [0.15, 0.2) is 24.3 Å². The normalized spacial score (nSPS) is 11.5. The van der Waals surface area contributed by atoms with Gasteiger partial charge in [0.2, 0.25) is 11.8 Å². The zero-order valence-electron chi connectivity index (χ0n) is 12.3. The fourth-order valence-electron chi connectivity index (χ4n) is 1.87. The van der Waals surface area contributed by atoms with Crippen LogP contribution in [0, 0.1) is 0 Å². The predicted octanol–water partition coefficient (Wildman–Crippen LogP) is 1.89. The highest BCUT2D eigenvalue weighted by Gasteiger charge is 2.21. The molecule has 22 heavy (non-hydrogen) atoms. The maximum Gasteiger partial charge on any atom is 0.330 e. The fourth-order valence-corrected chi connectivity index (χ4v) is 2.00. The van der Waals surface area contributed by atoms with Gasteiger partial charge in [0.1, 0.15) is 0 Å². The summed E-state index contributed by atoms with van der Waals surface area (Å²) in [6.07, 6.45) is 0.694. The van der Waals surface area contributed by atoms with Crippen molar-refractivity contribution >= 4 is 29.4 Å². The van der Waals surface area contributed by atoms with Gasteiger partial charge >= 0.3 is 5.97 Å². The highest BCUT2D eigenvalue weighted by atomic mass is 35.5. The van der Waals surface area contributed by atoms with E-state index in [1.54, 1.807) is 24.3 Å². The third kappa shape index (κ3) is 6.13. The molecule has 1 aromatic rings. The number of hydrogen-bond acceptors (Lipinski definition) is 3. The van der Waals surface area contributed by atoms with E-state index in [4.69, 9.17) is 11.6 Å². The molecule has 0 aliphatic carbocycles. The number of hydrogen-bond donors (Lipinski definition) is 3. The van der Waals surface area contributed by atoms with Crippen LogP contribution in [0.4, 0.5) is 0 Å². The molecule has 0 heterocycles. The standard InChI is InChI=1S/C15H19ClN2O4/c1-2-17-12(19)4-3-5-13(20)18-14(15(21)22)10-6-8-11(16)9-7-10/h6-9,14H,2-5H2,1H3,(H,17,19)(H,18,20)(H,21,22).